The van der Waals surface area contributed by atoms with Crippen LogP contribution in [0.5, 0.6) is 0 Å². The molecule has 5 rings (SSSR count). The summed E-state index contributed by atoms with van der Waals surface area (Å²) in [5.41, 5.74) is 4.42. The van der Waals surface area contributed by atoms with Crippen molar-refractivity contribution in [3.8, 4) is 17.1 Å². The van der Waals surface area contributed by atoms with Crippen LogP contribution >= 0.6 is 11.6 Å². The zero-order valence-electron chi connectivity index (χ0n) is 27.9. The summed E-state index contributed by atoms with van der Waals surface area (Å²) in [6.45, 7) is 4.37. The van der Waals surface area contributed by atoms with E-state index < -0.39 is 17.8 Å². The number of rotatable bonds is 10. The van der Waals surface area contributed by atoms with E-state index in [1.54, 1.807) is 9.80 Å². The highest BCUT2D eigenvalue weighted by molar-refractivity contribution is 6.34. The number of piperazine rings is 1. The number of anilines is 2. The maximum Gasteiger partial charge on any atom is 0.435 e. The second kappa shape index (κ2) is 14.8. The predicted octanol–water partition coefficient (Wildman–Crippen LogP) is 3.83. The summed E-state index contributed by atoms with van der Waals surface area (Å²) >= 11 is 6.49. The van der Waals surface area contributed by atoms with Crippen LogP contribution in [0.25, 0.3) is 17.1 Å². The average molecular weight is 716 g/mol. The van der Waals surface area contributed by atoms with Crippen LogP contribution < -0.4 is 11.1 Å². The number of imidazole rings is 1. The van der Waals surface area contributed by atoms with E-state index in [4.69, 9.17) is 17.3 Å². The number of nitrogen functional groups attached to an aromatic ring is 1. The highest BCUT2D eigenvalue weighted by Crippen LogP contribution is 2.37. The quantitative estimate of drug-likeness (QED) is 0.249. The monoisotopic (exact) mass is 715 g/mol. The Kier molecular flexibility index (Phi) is 10.8. The van der Waals surface area contributed by atoms with Crippen molar-refractivity contribution >= 4 is 40.8 Å². The Morgan fingerprint density at radius 3 is 2.34 bits per heavy atom. The van der Waals surface area contributed by atoms with Gasteiger partial charge in [-0.3, -0.25) is 14.4 Å². The van der Waals surface area contributed by atoms with Crippen LogP contribution in [0.2, 0.25) is 5.02 Å². The molecule has 4 aromatic rings. The third-order valence-corrected chi connectivity index (χ3v) is 8.76. The molecule has 0 bridgehead atoms. The average Bonchev–Trinajstić information content (AvgIpc) is 3.69. The lowest BCUT2D eigenvalue weighted by molar-refractivity contribution is -0.141. The second-order valence-corrected chi connectivity index (χ2v) is 12.5. The van der Waals surface area contributed by atoms with E-state index >= 15 is 0 Å². The van der Waals surface area contributed by atoms with Crippen molar-refractivity contribution in [1.29, 1.82) is 0 Å². The summed E-state index contributed by atoms with van der Waals surface area (Å²) in [6, 6.07) is 4.39. The van der Waals surface area contributed by atoms with Crippen LogP contribution in [0.4, 0.5) is 24.7 Å². The number of nitrogens with zero attached hydrogens (tertiary/aromatic N) is 9. The zero-order valence-corrected chi connectivity index (χ0v) is 28.7. The minimum atomic E-state index is -4.83. The highest BCUT2D eigenvalue weighted by Gasteiger charge is 2.39. The number of benzene rings is 1. The van der Waals surface area contributed by atoms with Crippen molar-refractivity contribution in [1.82, 2.24) is 44.0 Å². The van der Waals surface area contributed by atoms with Gasteiger partial charge in [-0.1, -0.05) is 18.5 Å². The van der Waals surface area contributed by atoms with E-state index in [0.29, 0.717) is 26.2 Å². The van der Waals surface area contributed by atoms with Gasteiger partial charge in [0.1, 0.15) is 5.82 Å². The Bertz CT molecular complexity index is 1870. The fraction of sp³-hybridized carbons (Fsp3) is 0.406. The Balaban J connectivity index is 1.26. The molecule has 1 saturated heterocycles. The van der Waals surface area contributed by atoms with Crippen LogP contribution in [-0.4, -0.2) is 109 Å². The van der Waals surface area contributed by atoms with E-state index in [-0.39, 0.29) is 62.7 Å². The SMILES string of the molecule is CCC(CCN(C)C)C(=O)N1CCN(C(=O)c2ccc(NC(=O)c3ncc(-c4cn(-c5cnc(N)cn5)nc4C(F)(F)F)n3C)cc2Cl)CC1. The summed E-state index contributed by atoms with van der Waals surface area (Å²) in [7, 11) is 5.34. The molecular formula is C32H37ClF3N11O3. The number of hydrogen-bond donors (Lipinski definition) is 2. The van der Waals surface area contributed by atoms with E-state index in [9.17, 15) is 27.6 Å². The Labute approximate surface area is 291 Å². The molecule has 1 aromatic carbocycles. The van der Waals surface area contributed by atoms with Gasteiger partial charge in [-0.15, -0.1) is 0 Å². The Morgan fingerprint density at radius 1 is 1.04 bits per heavy atom. The third kappa shape index (κ3) is 7.89. The molecule has 18 heteroatoms. The van der Waals surface area contributed by atoms with E-state index in [1.807, 2.05) is 21.0 Å². The molecule has 0 aliphatic carbocycles. The van der Waals surface area contributed by atoms with Crippen molar-refractivity contribution in [2.24, 2.45) is 13.0 Å². The fourth-order valence-electron chi connectivity index (χ4n) is 5.64. The molecule has 1 atom stereocenters. The number of amides is 3. The summed E-state index contributed by atoms with van der Waals surface area (Å²) in [5, 5.41) is 6.39. The van der Waals surface area contributed by atoms with Crippen molar-refractivity contribution in [3.05, 3.63) is 65.1 Å². The Hall–Kier alpha value is -5.03. The van der Waals surface area contributed by atoms with Crippen LogP contribution in [0.3, 0.4) is 0 Å². The van der Waals surface area contributed by atoms with Crippen molar-refractivity contribution < 1.29 is 27.6 Å². The van der Waals surface area contributed by atoms with Gasteiger partial charge in [0.15, 0.2) is 17.3 Å². The van der Waals surface area contributed by atoms with Crippen LogP contribution in [0.15, 0.2) is 43.0 Å². The maximum atomic E-state index is 14.0. The van der Waals surface area contributed by atoms with Crippen molar-refractivity contribution in [2.45, 2.75) is 25.9 Å². The number of nitrogens with one attached hydrogen (secondary N) is 1. The van der Waals surface area contributed by atoms with Gasteiger partial charge < -0.3 is 30.3 Å². The first kappa shape index (κ1) is 36.3. The molecule has 3 N–H and O–H groups in total. The number of aromatic nitrogens is 6. The Morgan fingerprint density at radius 2 is 1.74 bits per heavy atom. The van der Waals surface area contributed by atoms with Crippen LogP contribution in [0.1, 0.15) is 46.4 Å². The molecule has 266 valence electrons. The van der Waals surface area contributed by atoms with Crippen molar-refractivity contribution in [3.63, 3.8) is 0 Å². The maximum absolute atomic E-state index is 14.0. The smallest absolute Gasteiger partial charge is 0.382 e. The number of alkyl halides is 3. The van der Waals surface area contributed by atoms with Gasteiger partial charge in [0.05, 0.1) is 40.4 Å². The molecule has 50 heavy (non-hydrogen) atoms. The first-order valence-corrected chi connectivity index (χ1v) is 16.2. The summed E-state index contributed by atoms with van der Waals surface area (Å²) in [4.78, 5) is 57.0. The molecule has 3 aromatic heterocycles. The molecule has 0 radical (unpaired) electrons. The molecule has 0 saturated carbocycles. The molecule has 3 amide bonds. The second-order valence-electron chi connectivity index (χ2n) is 12.1. The summed E-state index contributed by atoms with van der Waals surface area (Å²) < 4.78 is 44.1. The summed E-state index contributed by atoms with van der Waals surface area (Å²) in [5.74, 6) is -1.10. The van der Waals surface area contributed by atoms with Gasteiger partial charge in [-0.25, -0.2) is 19.6 Å². The molecule has 4 heterocycles. The first-order chi connectivity index (χ1) is 23.7. The minimum absolute atomic E-state index is 0.00326. The molecule has 14 nitrogen and oxygen atoms in total. The standard InChI is InChI=1S/C32H37ClF3N11O3/c1-5-19(8-9-43(2)3)30(49)45-10-12-46(13-11-45)31(50)21-7-6-20(14-23(21)33)41-29(48)28-40-15-24(44(28)4)22-18-47(42-27(22)32(34,35)36)26-17-38-25(37)16-39-26/h6-7,14-19H,5,8-13H2,1-4H3,(H2,37,38)(H,41,48). The summed E-state index contributed by atoms with van der Waals surface area (Å²) in [6.07, 6.45) is 1.30. The van der Waals surface area contributed by atoms with Crippen LogP contribution in [-0.2, 0) is 18.0 Å². The lowest BCUT2D eigenvalue weighted by Gasteiger charge is -2.36. The zero-order chi connectivity index (χ0) is 36.3. The van der Waals surface area contributed by atoms with Gasteiger partial charge in [-0.2, -0.15) is 18.3 Å². The topological polar surface area (TPSA) is 160 Å². The normalized spacial score (nSPS) is 14.3. The highest BCUT2D eigenvalue weighted by atomic mass is 35.5. The lowest BCUT2D eigenvalue weighted by atomic mass is 10.00. The largest absolute Gasteiger partial charge is 0.435 e. The first-order valence-electron chi connectivity index (χ1n) is 15.8. The molecule has 1 aliphatic rings. The van der Waals surface area contributed by atoms with E-state index in [1.165, 1.54) is 42.2 Å². The number of carbonyl (C=O) groups is 3. The third-order valence-electron chi connectivity index (χ3n) is 8.45. The van der Waals surface area contributed by atoms with Crippen LogP contribution in [0, 0.1) is 5.92 Å². The fourth-order valence-corrected chi connectivity index (χ4v) is 5.90. The number of carbonyl (C=O) groups excluding carboxylic acids is 3. The van der Waals surface area contributed by atoms with E-state index in [0.717, 1.165) is 36.5 Å². The number of hydrogen-bond acceptors (Lipinski definition) is 9. The van der Waals surface area contributed by atoms with Gasteiger partial charge in [0, 0.05) is 51.0 Å². The molecule has 0 spiro atoms. The molecule has 1 unspecified atom stereocenters. The van der Waals surface area contributed by atoms with E-state index in [2.05, 4.69) is 30.3 Å². The minimum Gasteiger partial charge on any atom is -0.382 e. The predicted molar refractivity (Wildman–Crippen MR) is 180 cm³/mol. The van der Waals surface area contributed by atoms with Gasteiger partial charge >= 0.3 is 6.18 Å². The number of halogens is 4. The molecular weight excluding hydrogens is 679 g/mol. The van der Waals surface area contributed by atoms with Gasteiger partial charge in [0.2, 0.25) is 5.91 Å². The van der Waals surface area contributed by atoms with Crippen molar-refractivity contribution in [2.75, 3.05) is 57.9 Å². The molecule has 1 aliphatic heterocycles. The lowest BCUT2D eigenvalue weighted by Crippen LogP contribution is -2.52. The van der Waals surface area contributed by atoms with Gasteiger partial charge in [0.25, 0.3) is 11.8 Å². The molecule has 1 fully saturated rings. The van der Waals surface area contributed by atoms with Gasteiger partial charge in [-0.05, 0) is 51.7 Å². The number of nitrogens with two attached hydrogens (primary N) is 1.